The molecule has 0 aromatic heterocycles. The van der Waals surface area contributed by atoms with Crippen molar-refractivity contribution in [3.63, 3.8) is 0 Å². The highest BCUT2D eigenvalue weighted by molar-refractivity contribution is 5.90. The summed E-state index contributed by atoms with van der Waals surface area (Å²) in [6, 6.07) is 24.8. The average molecular weight is 506 g/mol. The van der Waals surface area contributed by atoms with Crippen molar-refractivity contribution in [2.75, 3.05) is 0 Å². The maximum Gasteiger partial charge on any atom is 0.407 e. The van der Waals surface area contributed by atoms with Crippen LogP contribution in [-0.2, 0) is 25.6 Å². The van der Waals surface area contributed by atoms with Gasteiger partial charge in [-0.15, -0.1) is 0 Å². The molecule has 0 saturated carbocycles. The molecule has 37 heavy (non-hydrogen) atoms. The molecule has 0 aliphatic carbocycles. The van der Waals surface area contributed by atoms with Crippen molar-refractivity contribution in [3.05, 3.63) is 108 Å². The normalized spacial score (nSPS) is 21.5. The van der Waals surface area contributed by atoms with E-state index in [1.165, 1.54) is 0 Å². The molecule has 2 N–H and O–H groups in total. The number of carbonyl (C=O) groups is 3. The van der Waals surface area contributed by atoms with Gasteiger partial charge in [0, 0.05) is 0 Å². The molecule has 1 aliphatic rings. The zero-order valence-corrected chi connectivity index (χ0v) is 20.1. The van der Waals surface area contributed by atoms with E-state index >= 15 is 0 Å². The summed E-state index contributed by atoms with van der Waals surface area (Å²) in [5.74, 6) is -1.43. The first-order chi connectivity index (χ1) is 17.9. The van der Waals surface area contributed by atoms with Gasteiger partial charge >= 0.3 is 18.0 Å². The molecular weight excluding hydrogens is 478 g/mol. The Morgan fingerprint density at radius 2 is 1.30 bits per heavy atom. The number of carbonyl (C=O) groups excluding carboxylic acids is 3. The first-order valence-corrected chi connectivity index (χ1v) is 11.7. The number of amides is 1. The zero-order chi connectivity index (χ0) is 26.2. The number of benzene rings is 3. The molecule has 9 nitrogen and oxygen atoms in total. The minimum Gasteiger partial charge on any atom is -0.452 e. The molecule has 0 radical (unpaired) electrons. The fraction of sp³-hybridized carbons (Fsp3) is 0.250. The Hall–Kier alpha value is -4.21. The lowest BCUT2D eigenvalue weighted by molar-refractivity contribution is -0.133. The lowest BCUT2D eigenvalue weighted by Crippen LogP contribution is -2.49. The lowest BCUT2D eigenvalue weighted by Gasteiger charge is -2.27. The number of hydrogen-bond donors (Lipinski definition) is 2. The number of rotatable bonds is 8. The summed E-state index contributed by atoms with van der Waals surface area (Å²) in [6.45, 7) is 1.66. The number of hydrogen-bond acceptors (Lipinski definition) is 8. The molecule has 3 aromatic carbocycles. The molecule has 3 aromatic rings. The van der Waals surface area contributed by atoms with Gasteiger partial charge in [0.2, 0.25) is 0 Å². The van der Waals surface area contributed by atoms with E-state index in [-0.39, 0.29) is 17.7 Å². The number of aliphatic hydroxyl groups is 1. The minimum absolute atomic E-state index is 0.0529. The van der Waals surface area contributed by atoms with Crippen molar-refractivity contribution in [2.24, 2.45) is 0 Å². The van der Waals surface area contributed by atoms with E-state index in [0.717, 1.165) is 5.56 Å². The summed E-state index contributed by atoms with van der Waals surface area (Å²) in [5, 5.41) is 13.2. The molecule has 1 aliphatic heterocycles. The van der Waals surface area contributed by atoms with E-state index in [1.807, 2.05) is 30.3 Å². The van der Waals surface area contributed by atoms with Gasteiger partial charge in [0.25, 0.3) is 0 Å². The smallest absolute Gasteiger partial charge is 0.407 e. The Morgan fingerprint density at radius 3 is 1.84 bits per heavy atom. The number of ether oxygens (including phenoxy) is 4. The Morgan fingerprint density at radius 1 is 0.811 bits per heavy atom. The number of nitrogens with one attached hydrogen (secondary N) is 1. The third-order valence-electron chi connectivity index (χ3n) is 5.78. The summed E-state index contributed by atoms with van der Waals surface area (Å²) in [5.41, 5.74) is 1.32. The molecule has 1 saturated heterocycles. The summed E-state index contributed by atoms with van der Waals surface area (Å²) in [6.07, 6.45) is -5.93. The molecule has 192 valence electrons. The van der Waals surface area contributed by atoms with E-state index in [9.17, 15) is 19.5 Å². The number of aliphatic hydroxyl groups excluding tert-OH is 1. The van der Waals surface area contributed by atoms with E-state index in [4.69, 9.17) is 18.9 Å². The van der Waals surface area contributed by atoms with Gasteiger partial charge in [-0.2, -0.15) is 0 Å². The largest absolute Gasteiger partial charge is 0.452 e. The predicted octanol–water partition coefficient (Wildman–Crippen LogP) is 3.47. The Labute approximate surface area is 213 Å². The van der Waals surface area contributed by atoms with Crippen molar-refractivity contribution in [1.29, 1.82) is 0 Å². The van der Waals surface area contributed by atoms with Crippen LogP contribution in [-0.4, -0.2) is 53.8 Å². The lowest BCUT2D eigenvalue weighted by atomic mass is 10.0. The first-order valence-electron chi connectivity index (χ1n) is 11.7. The molecule has 1 amide bonds. The standard InChI is InChI=1S/C28H27NO8/c1-18(29-28(33)34-17-19-11-5-2-6-12-19)22-23(36-25(30)20-13-7-3-8-14-20)24(27(32)35-22)37-26(31)21-15-9-4-10-16-21/h2-16,18,22-24,27,32H,17H2,1H3,(H,29,33)/t18-,22+,23+,24+,27?/m0/s1. The molecule has 0 bridgehead atoms. The molecule has 5 atom stereocenters. The zero-order valence-electron chi connectivity index (χ0n) is 20.1. The van der Waals surface area contributed by atoms with Gasteiger partial charge in [-0.25, -0.2) is 14.4 Å². The molecular formula is C28H27NO8. The van der Waals surface area contributed by atoms with E-state index in [2.05, 4.69) is 5.32 Å². The van der Waals surface area contributed by atoms with Crippen molar-refractivity contribution in [1.82, 2.24) is 5.32 Å². The number of alkyl carbamates (subject to hydrolysis) is 1. The van der Waals surface area contributed by atoms with Gasteiger partial charge in [0.05, 0.1) is 17.2 Å². The van der Waals surface area contributed by atoms with Crippen LogP contribution in [0, 0.1) is 0 Å². The topological polar surface area (TPSA) is 120 Å². The third kappa shape index (κ3) is 6.72. The fourth-order valence-electron chi connectivity index (χ4n) is 3.89. The Bertz CT molecular complexity index is 1190. The highest BCUT2D eigenvalue weighted by Gasteiger charge is 2.51. The molecule has 9 heteroatoms. The van der Waals surface area contributed by atoms with Crippen molar-refractivity contribution >= 4 is 18.0 Å². The van der Waals surface area contributed by atoms with Crippen LogP contribution in [0.3, 0.4) is 0 Å². The van der Waals surface area contributed by atoms with Crippen LogP contribution in [0.25, 0.3) is 0 Å². The Balaban J connectivity index is 1.48. The van der Waals surface area contributed by atoms with E-state index < -0.39 is 48.7 Å². The number of esters is 2. The van der Waals surface area contributed by atoms with Crippen LogP contribution >= 0.6 is 0 Å². The second kappa shape index (κ2) is 12.2. The van der Waals surface area contributed by atoms with Gasteiger partial charge in [0.15, 0.2) is 18.5 Å². The highest BCUT2D eigenvalue weighted by atomic mass is 16.7. The SMILES string of the molecule is C[C@H](NC(=O)OCc1ccccc1)[C@H]1OC(O)[C@H](OC(=O)c2ccccc2)[C@@H]1OC(=O)c1ccccc1. The third-order valence-corrected chi connectivity index (χ3v) is 5.78. The van der Waals surface area contributed by atoms with Crippen LogP contribution < -0.4 is 5.32 Å². The second-order valence-electron chi connectivity index (χ2n) is 8.46. The van der Waals surface area contributed by atoms with Crippen LogP contribution in [0.5, 0.6) is 0 Å². The van der Waals surface area contributed by atoms with Gasteiger partial charge in [-0.3, -0.25) is 0 Å². The van der Waals surface area contributed by atoms with Crippen LogP contribution in [0.15, 0.2) is 91.0 Å². The summed E-state index contributed by atoms with van der Waals surface area (Å²) >= 11 is 0. The van der Waals surface area contributed by atoms with Gasteiger partial charge in [-0.1, -0.05) is 66.7 Å². The van der Waals surface area contributed by atoms with Gasteiger partial charge in [-0.05, 0) is 36.8 Å². The van der Waals surface area contributed by atoms with Gasteiger partial charge in [0.1, 0.15) is 12.7 Å². The maximum atomic E-state index is 12.8. The van der Waals surface area contributed by atoms with Crippen LogP contribution in [0.1, 0.15) is 33.2 Å². The van der Waals surface area contributed by atoms with Crippen molar-refractivity contribution in [2.45, 2.75) is 44.2 Å². The summed E-state index contributed by atoms with van der Waals surface area (Å²) < 4.78 is 22.1. The fourth-order valence-corrected chi connectivity index (χ4v) is 3.89. The highest BCUT2D eigenvalue weighted by Crippen LogP contribution is 2.29. The average Bonchev–Trinajstić information content (AvgIpc) is 3.23. The van der Waals surface area contributed by atoms with Crippen molar-refractivity contribution < 1.29 is 38.4 Å². The van der Waals surface area contributed by atoms with Crippen molar-refractivity contribution in [3.8, 4) is 0 Å². The summed E-state index contributed by atoms with van der Waals surface area (Å²) in [4.78, 5) is 38.0. The Kier molecular flexibility index (Phi) is 8.50. The quantitative estimate of drug-likeness (QED) is 0.353. The second-order valence-corrected chi connectivity index (χ2v) is 8.46. The maximum absolute atomic E-state index is 12.8. The van der Waals surface area contributed by atoms with E-state index in [0.29, 0.717) is 0 Å². The first kappa shape index (κ1) is 25.9. The predicted molar refractivity (Wildman–Crippen MR) is 131 cm³/mol. The van der Waals surface area contributed by atoms with E-state index in [1.54, 1.807) is 67.6 Å². The molecule has 1 fully saturated rings. The van der Waals surface area contributed by atoms with Crippen LogP contribution in [0.2, 0.25) is 0 Å². The van der Waals surface area contributed by atoms with Crippen LogP contribution in [0.4, 0.5) is 4.79 Å². The van der Waals surface area contributed by atoms with Gasteiger partial charge < -0.3 is 29.4 Å². The molecule has 0 spiro atoms. The summed E-state index contributed by atoms with van der Waals surface area (Å²) in [7, 11) is 0. The molecule has 1 unspecified atom stereocenters. The molecule has 4 rings (SSSR count). The monoisotopic (exact) mass is 505 g/mol. The minimum atomic E-state index is -1.60. The molecule has 1 heterocycles.